The first-order valence-electron chi connectivity index (χ1n) is 8.46. The van der Waals surface area contributed by atoms with Crippen molar-refractivity contribution in [1.82, 2.24) is 5.32 Å². The third kappa shape index (κ3) is 5.91. The molecule has 2 rings (SSSR count). The molecule has 140 valence electrons. The van der Waals surface area contributed by atoms with Gasteiger partial charge in [0.2, 0.25) is 0 Å². The highest BCUT2D eigenvalue weighted by molar-refractivity contribution is 5.94. The number of ether oxygens (including phenoxy) is 3. The quantitative estimate of drug-likeness (QED) is 0.320. The van der Waals surface area contributed by atoms with Crippen molar-refractivity contribution >= 4 is 12.0 Å². The van der Waals surface area contributed by atoms with Gasteiger partial charge in [-0.3, -0.25) is 0 Å². The zero-order chi connectivity index (χ0) is 19.5. The smallest absolute Gasteiger partial charge is 0.335 e. The molecule has 0 bridgehead atoms. The number of benzene rings is 2. The molecule has 2 aromatic carbocycles. The Bertz CT molecular complexity index is 822. The van der Waals surface area contributed by atoms with Crippen LogP contribution in [-0.2, 0) is 16.1 Å². The van der Waals surface area contributed by atoms with Crippen LogP contribution in [0.1, 0.15) is 11.1 Å². The van der Waals surface area contributed by atoms with E-state index in [2.05, 4.69) is 11.2 Å². The molecule has 0 heterocycles. The SMILES string of the molecule is C#CCNC/C(=C\c1cccc(OC)c1OCc1ccccc1)C(=O)OC. The highest BCUT2D eigenvalue weighted by Gasteiger charge is 2.14. The third-order valence-corrected chi connectivity index (χ3v) is 3.78. The number of para-hydroxylation sites is 1. The topological polar surface area (TPSA) is 56.8 Å². The summed E-state index contributed by atoms with van der Waals surface area (Å²) in [6, 6.07) is 15.3. The normalized spacial score (nSPS) is 10.8. The molecule has 27 heavy (non-hydrogen) atoms. The van der Waals surface area contributed by atoms with Crippen molar-refractivity contribution in [1.29, 1.82) is 0 Å². The number of methoxy groups -OCH3 is 2. The Morgan fingerprint density at radius 1 is 1.15 bits per heavy atom. The molecule has 5 nitrogen and oxygen atoms in total. The van der Waals surface area contributed by atoms with Gasteiger partial charge in [0.25, 0.3) is 0 Å². The predicted octanol–water partition coefficient (Wildman–Crippen LogP) is 3.05. The first-order chi connectivity index (χ1) is 13.2. The van der Waals surface area contributed by atoms with Gasteiger partial charge in [-0.15, -0.1) is 6.42 Å². The van der Waals surface area contributed by atoms with Gasteiger partial charge in [-0.1, -0.05) is 48.4 Å². The molecule has 0 saturated carbocycles. The van der Waals surface area contributed by atoms with Crippen LogP contribution in [0.5, 0.6) is 11.5 Å². The molecule has 2 aromatic rings. The van der Waals surface area contributed by atoms with Crippen LogP contribution in [-0.4, -0.2) is 33.3 Å². The fourth-order valence-electron chi connectivity index (χ4n) is 2.46. The van der Waals surface area contributed by atoms with Gasteiger partial charge in [0.1, 0.15) is 6.61 Å². The molecule has 0 aliphatic carbocycles. The maximum absolute atomic E-state index is 12.1. The molecule has 0 saturated heterocycles. The summed E-state index contributed by atoms with van der Waals surface area (Å²) >= 11 is 0. The summed E-state index contributed by atoms with van der Waals surface area (Å²) in [7, 11) is 2.92. The van der Waals surface area contributed by atoms with Crippen molar-refractivity contribution in [3.8, 4) is 23.8 Å². The standard InChI is InChI=1S/C22H23NO4/c1-4-13-23-15-19(22(24)26-3)14-18-11-8-12-20(25-2)21(18)27-16-17-9-6-5-7-10-17/h1,5-12,14,23H,13,15-16H2,2-3H3/b19-14+. The minimum Gasteiger partial charge on any atom is -0.493 e. The van der Waals surface area contributed by atoms with Gasteiger partial charge in [-0.05, 0) is 17.7 Å². The molecule has 0 aliphatic heterocycles. The molecule has 0 amide bonds. The minimum absolute atomic E-state index is 0.284. The summed E-state index contributed by atoms with van der Waals surface area (Å²) < 4.78 is 16.3. The maximum Gasteiger partial charge on any atom is 0.335 e. The summed E-state index contributed by atoms with van der Waals surface area (Å²) in [5.41, 5.74) is 2.18. The van der Waals surface area contributed by atoms with Crippen molar-refractivity contribution in [2.45, 2.75) is 6.61 Å². The monoisotopic (exact) mass is 365 g/mol. The van der Waals surface area contributed by atoms with Crippen LogP contribution in [0.3, 0.4) is 0 Å². The maximum atomic E-state index is 12.1. The van der Waals surface area contributed by atoms with Crippen molar-refractivity contribution in [2.75, 3.05) is 27.3 Å². The van der Waals surface area contributed by atoms with E-state index in [0.717, 1.165) is 5.56 Å². The Hall–Kier alpha value is -3.23. The van der Waals surface area contributed by atoms with Gasteiger partial charge in [0, 0.05) is 12.1 Å². The van der Waals surface area contributed by atoms with Gasteiger partial charge >= 0.3 is 5.97 Å². The van der Waals surface area contributed by atoms with E-state index in [4.69, 9.17) is 20.6 Å². The summed E-state index contributed by atoms with van der Waals surface area (Å²) in [5.74, 6) is 3.18. The molecule has 0 fully saturated rings. The second kappa shape index (κ2) is 10.7. The van der Waals surface area contributed by atoms with E-state index in [0.29, 0.717) is 35.8 Å². The van der Waals surface area contributed by atoms with Crippen LogP contribution in [0.15, 0.2) is 54.1 Å². The highest BCUT2D eigenvalue weighted by Crippen LogP contribution is 2.33. The van der Waals surface area contributed by atoms with Crippen LogP contribution in [0.4, 0.5) is 0 Å². The number of esters is 1. The van der Waals surface area contributed by atoms with E-state index < -0.39 is 5.97 Å². The Morgan fingerprint density at radius 3 is 2.59 bits per heavy atom. The Labute approximate surface area is 159 Å². The van der Waals surface area contributed by atoms with Crippen LogP contribution in [0.2, 0.25) is 0 Å². The molecule has 0 unspecified atom stereocenters. The number of hydrogen-bond donors (Lipinski definition) is 1. The first kappa shape index (κ1) is 20.1. The van der Waals surface area contributed by atoms with Crippen molar-refractivity contribution < 1.29 is 19.0 Å². The van der Waals surface area contributed by atoms with Crippen molar-refractivity contribution in [3.05, 3.63) is 65.2 Å². The van der Waals surface area contributed by atoms with Crippen LogP contribution in [0.25, 0.3) is 6.08 Å². The van der Waals surface area contributed by atoms with E-state index in [1.165, 1.54) is 7.11 Å². The molecule has 0 radical (unpaired) electrons. The van der Waals surface area contributed by atoms with Crippen LogP contribution < -0.4 is 14.8 Å². The van der Waals surface area contributed by atoms with E-state index >= 15 is 0 Å². The Kier molecular flexibility index (Phi) is 7.95. The molecular weight excluding hydrogens is 342 g/mol. The summed E-state index contributed by atoms with van der Waals surface area (Å²) in [4.78, 5) is 12.1. The number of carbonyl (C=O) groups is 1. The van der Waals surface area contributed by atoms with E-state index in [9.17, 15) is 4.79 Å². The molecule has 0 spiro atoms. The van der Waals surface area contributed by atoms with E-state index in [-0.39, 0.29) is 6.54 Å². The highest BCUT2D eigenvalue weighted by atomic mass is 16.5. The van der Waals surface area contributed by atoms with Crippen LogP contribution in [0, 0.1) is 12.3 Å². The summed E-state index contributed by atoms with van der Waals surface area (Å²) in [6.45, 7) is 1.01. The first-order valence-corrected chi connectivity index (χ1v) is 8.46. The fraction of sp³-hybridized carbons (Fsp3) is 0.227. The van der Waals surface area contributed by atoms with Gasteiger partial charge in [0.15, 0.2) is 11.5 Å². The second-order valence-electron chi connectivity index (χ2n) is 5.62. The Balaban J connectivity index is 2.33. The van der Waals surface area contributed by atoms with E-state index in [1.807, 2.05) is 48.5 Å². The lowest BCUT2D eigenvalue weighted by molar-refractivity contribution is -0.136. The molecule has 0 atom stereocenters. The van der Waals surface area contributed by atoms with Gasteiger partial charge in [-0.2, -0.15) is 0 Å². The van der Waals surface area contributed by atoms with Crippen LogP contribution >= 0.6 is 0 Å². The number of terminal acetylenes is 1. The lowest BCUT2D eigenvalue weighted by Gasteiger charge is -2.14. The lowest BCUT2D eigenvalue weighted by Crippen LogP contribution is -2.22. The van der Waals surface area contributed by atoms with E-state index in [1.54, 1.807) is 13.2 Å². The molecule has 5 heteroatoms. The molecule has 0 aliphatic rings. The van der Waals surface area contributed by atoms with Crippen molar-refractivity contribution in [3.63, 3.8) is 0 Å². The average molecular weight is 365 g/mol. The molecule has 1 N–H and O–H groups in total. The second-order valence-corrected chi connectivity index (χ2v) is 5.62. The Morgan fingerprint density at radius 2 is 1.93 bits per heavy atom. The van der Waals surface area contributed by atoms with Gasteiger partial charge in [-0.25, -0.2) is 4.79 Å². The zero-order valence-corrected chi connectivity index (χ0v) is 15.5. The average Bonchev–Trinajstić information content (AvgIpc) is 2.72. The summed E-state index contributed by atoms with van der Waals surface area (Å²) in [5, 5.41) is 3.00. The number of carbonyl (C=O) groups excluding carboxylic acids is 1. The number of rotatable bonds is 9. The molecular formula is C22H23NO4. The van der Waals surface area contributed by atoms with Gasteiger partial charge < -0.3 is 19.5 Å². The lowest BCUT2D eigenvalue weighted by atomic mass is 10.1. The fourth-order valence-corrected chi connectivity index (χ4v) is 2.46. The largest absolute Gasteiger partial charge is 0.493 e. The van der Waals surface area contributed by atoms with Crippen molar-refractivity contribution in [2.24, 2.45) is 0 Å². The van der Waals surface area contributed by atoms with Gasteiger partial charge in [0.05, 0.1) is 26.3 Å². The summed E-state index contributed by atoms with van der Waals surface area (Å²) in [6.07, 6.45) is 6.97. The zero-order valence-electron chi connectivity index (χ0n) is 15.5. The number of nitrogens with one attached hydrogen (secondary N) is 1. The predicted molar refractivity (Wildman–Crippen MR) is 105 cm³/mol. The number of hydrogen-bond acceptors (Lipinski definition) is 5. The minimum atomic E-state index is -0.434. The third-order valence-electron chi connectivity index (χ3n) is 3.78. The molecule has 0 aromatic heterocycles.